The Morgan fingerprint density at radius 3 is 2.57 bits per heavy atom. The van der Waals surface area contributed by atoms with Gasteiger partial charge >= 0.3 is 0 Å². The summed E-state index contributed by atoms with van der Waals surface area (Å²) in [5.74, 6) is 2.36. The number of hydrogen-bond donors (Lipinski definition) is 2. The van der Waals surface area contributed by atoms with E-state index in [4.69, 9.17) is 14.7 Å². The zero-order chi connectivity index (χ0) is 25.9. The van der Waals surface area contributed by atoms with E-state index in [0.29, 0.717) is 17.4 Å². The highest BCUT2D eigenvalue weighted by molar-refractivity contribution is 5.94. The van der Waals surface area contributed by atoms with Gasteiger partial charge in [0, 0.05) is 56.8 Å². The summed E-state index contributed by atoms with van der Waals surface area (Å²) < 4.78 is 5.85. The molecule has 2 aliphatic heterocycles. The number of methoxy groups -OCH3 is 1. The van der Waals surface area contributed by atoms with E-state index in [0.717, 1.165) is 91.4 Å². The van der Waals surface area contributed by atoms with Crippen LogP contribution in [0.15, 0.2) is 30.3 Å². The van der Waals surface area contributed by atoms with Gasteiger partial charge in [-0.1, -0.05) is 12.1 Å². The number of aromatic nitrogens is 2. The minimum atomic E-state index is -0.0221. The van der Waals surface area contributed by atoms with Gasteiger partial charge in [-0.15, -0.1) is 0 Å². The number of anilines is 2. The van der Waals surface area contributed by atoms with Crippen molar-refractivity contribution in [3.05, 3.63) is 52.8 Å². The molecule has 0 saturated carbocycles. The second-order valence-electron chi connectivity index (χ2n) is 10.2. The first-order valence-electron chi connectivity index (χ1n) is 13.3. The maximum absolute atomic E-state index is 9.47. The summed E-state index contributed by atoms with van der Waals surface area (Å²) in [6.07, 6.45) is 2.31. The molecule has 0 radical (unpaired) electrons. The van der Waals surface area contributed by atoms with E-state index in [1.165, 1.54) is 0 Å². The molecule has 0 bridgehead atoms. The number of nitrogens with zero attached hydrogens (tertiary/aromatic N) is 5. The molecule has 3 aromatic rings. The molecule has 1 atom stereocenters. The fraction of sp³-hybridized carbons (Fsp3) is 0.483. The van der Waals surface area contributed by atoms with Crippen molar-refractivity contribution in [3.63, 3.8) is 0 Å². The molecule has 194 valence electrons. The van der Waals surface area contributed by atoms with Crippen LogP contribution in [0.4, 0.5) is 11.5 Å². The van der Waals surface area contributed by atoms with Crippen LogP contribution in [0.25, 0.3) is 10.9 Å². The van der Waals surface area contributed by atoms with Crippen LogP contribution in [0.1, 0.15) is 48.3 Å². The first-order chi connectivity index (χ1) is 18.0. The average Bonchev–Trinajstić information content (AvgIpc) is 2.93. The largest absolute Gasteiger partial charge is 0.495 e. The highest BCUT2D eigenvalue weighted by atomic mass is 16.5. The van der Waals surface area contributed by atoms with Gasteiger partial charge in [0.25, 0.3) is 0 Å². The molecule has 0 spiro atoms. The minimum absolute atomic E-state index is 0.0221. The summed E-state index contributed by atoms with van der Waals surface area (Å²) >= 11 is 0. The second-order valence-corrected chi connectivity index (χ2v) is 10.2. The SMILES string of the molecule is COc1cc2nc(C)nc(N[C@H](C)c3cccc(C#N)c3C)c2cc1N1CCC(N2CCNCC2)CC1. The summed E-state index contributed by atoms with van der Waals surface area (Å²) in [4.78, 5) is 14.6. The van der Waals surface area contributed by atoms with Gasteiger partial charge in [0.2, 0.25) is 0 Å². The molecule has 1 aromatic heterocycles. The van der Waals surface area contributed by atoms with Crippen LogP contribution in [0.5, 0.6) is 5.75 Å². The van der Waals surface area contributed by atoms with E-state index in [1.54, 1.807) is 7.11 Å². The molecule has 8 nitrogen and oxygen atoms in total. The van der Waals surface area contributed by atoms with Crippen molar-refractivity contribution in [1.29, 1.82) is 5.26 Å². The van der Waals surface area contributed by atoms with Crippen LogP contribution in [-0.4, -0.2) is 67.3 Å². The van der Waals surface area contributed by atoms with E-state index in [1.807, 2.05) is 32.0 Å². The van der Waals surface area contributed by atoms with Gasteiger partial charge in [0.1, 0.15) is 17.4 Å². The number of rotatable bonds is 6. The molecule has 0 unspecified atom stereocenters. The predicted octanol–water partition coefficient (Wildman–Crippen LogP) is 4.17. The Balaban J connectivity index is 1.44. The van der Waals surface area contributed by atoms with E-state index in [9.17, 15) is 5.26 Å². The number of piperidine rings is 1. The van der Waals surface area contributed by atoms with Crippen molar-refractivity contribution in [3.8, 4) is 11.8 Å². The monoisotopic (exact) mass is 499 g/mol. The third-order valence-electron chi connectivity index (χ3n) is 7.90. The summed E-state index contributed by atoms with van der Waals surface area (Å²) in [7, 11) is 1.73. The quantitative estimate of drug-likeness (QED) is 0.522. The van der Waals surface area contributed by atoms with Gasteiger partial charge in [-0.05, 0) is 56.9 Å². The molecule has 2 aromatic carbocycles. The molecule has 3 heterocycles. The fourth-order valence-electron chi connectivity index (χ4n) is 5.83. The van der Waals surface area contributed by atoms with Gasteiger partial charge in [0.15, 0.2) is 0 Å². The van der Waals surface area contributed by atoms with Crippen LogP contribution in [0.2, 0.25) is 0 Å². The number of fused-ring (bicyclic) bond motifs is 1. The summed E-state index contributed by atoms with van der Waals surface area (Å²) in [6.45, 7) is 12.5. The van der Waals surface area contributed by atoms with Crippen LogP contribution in [0.3, 0.4) is 0 Å². The molecular weight excluding hydrogens is 462 g/mol. The molecule has 2 saturated heterocycles. The van der Waals surface area contributed by atoms with Crippen molar-refractivity contribution >= 4 is 22.4 Å². The zero-order valence-electron chi connectivity index (χ0n) is 22.3. The molecule has 0 amide bonds. The standard InChI is InChI=1S/C29H37N7O/c1-19-22(18-30)6-5-7-24(19)20(2)32-29-25-16-27(28(37-4)17-26(25)33-21(3)34-29)36-12-8-23(9-13-36)35-14-10-31-11-15-35/h5-7,16-17,20,23,31H,8-15H2,1-4H3,(H,32,33,34)/t20-/m1/s1. The van der Waals surface area contributed by atoms with Crippen molar-refractivity contribution in [1.82, 2.24) is 20.2 Å². The molecule has 2 aliphatic rings. The van der Waals surface area contributed by atoms with Crippen molar-refractivity contribution in [2.45, 2.75) is 45.7 Å². The minimum Gasteiger partial charge on any atom is -0.495 e. The molecule has 37 heavy (non-hydrogen) atoms. The number of benzene rings is 2. The van der Waals surface area contributed by atoms with Crippen LogP contribution in [0, 0.1) is 25.2 Å². The number of aryl methyl sites for hydroxylation is 1. The first kappa shape index (κ1) is 25.2. The Labute approximate surface area is 219 Å². The first-order valence-corrected chi connectivity index (χ1v) is 13.3. The Kier molecular flexibility index (Phi) is 7.45. The second kappa shape index (κ2) is 10.9. The third-order valence-corrected chi connectivity index (χ3v) is 7.90. The van der Waals surface area contributed by atoms with E-state index in [-0.39, 0.29) is 6.04 Å². The van der Waals surface area contributed by atoms with E-state index < -0.39 is 0 Å². The van der Waals surface area contributed by atoms with Gasteiger partial charge in [-0.3, -0.25) is 4.90 Å². The van der Waals surface area contributed by atoms with Gasteiger partial charge < -0.3 is 20.3 Å². The molecule has 8 heteroatoms. The molecule has 0 aliphatic carbocycles. The highest BCUT2D eigenvalue weighted by Gasteiger charge is 2.27. The lowest BCUT2D eigenvalue weighted by molar-refractivity contribution is 0.150. The zero-order valence-corrected chi connectivity index (χ0v) is 22.3. The smallest absolute Gasteiger partial charge is 0.144 e. The number of ether oxygens (including phenoxy) is 1. The number of nitriles is 1. The lowest BCUT2D eigenvalue weighted by Crippen LogP contribution is -2.52. The molecule has 2 fully saturated rings. The topological polar surface area (TPSA) is 89.3 Å². The summed E-state index contributed by atoms with van der Waals surface area (Å²) in [5.41, 5.74) is 4.74. The maximum Gasteiger partial charge on any atom is 0.144 e. The predicted molar refractivity (Wildman–Crippen MR) is 148 cm³/mol. The Morgan fingerprint density at radius 1 is 1.11 bits per heavy atom. The van der Waals surface area contributed by atoms with Gasteiger partial charge in [-0.2, -0.15) is 5.26 Å². The van der Waals surface area contributed by atoms with Crippen molar-refractivity contribution in [2.24, 2.45) is 0 Å². The van der Waals surface area contributed by atoms with Gasteiger partial charge in [0.05, 0.1) is 36.0 Å². The maximum atomic E-state index is 9.47. The van der Waals surface area contributed by atoms with Crippen LogP contribution in [-0.2, 0) is 0 Å². The lowest BCUT2D eigenvalue weighted by atomic mass is 9.98. The van der Waals surface area contributed by atoms with Crippen molar-refractivity contribution in [2.75, 3.05) is 56.6 Å². The molecule has 2 N–H and O–H groups in total. The Hall–Kier alpha value is -3.41. The van der Waals surface area contributed by atoms with E-state index >= 15 is 0 Å². The molecular formula is C29H37N7O. The highest BCUT2D eigenvalue weighted by Crippen LogP contribution is 2.37. The summed E-state index contributed by atoms with van der Waals surface area (Å²) in [6, 6.07) is 13.0. The number of piperazine rings is 1. The van der Waals surface area contributed by atoms with Gasteiger partial charge in [-0.25, -0.2) is 9.97 Å². The van der Waals surface area contributed by atoms with Crippen LogP contribution >= 0.6 is 0 Å². The lowest BCUT2D eigenvalue weighted by Gasteiger charge is -2.41. The van der Waals surface area contributed by atoms with Crippen molar-refractivity contribution < 1.29 is 4.74 Å². The Morgan fingerprint density at radius 2 is 1.86 bits per heavy atom. The Bertz CT molecular complexity index is 1300. The fourth-order valence-corrected chi connectivity index (χ4v) is 5.83. The normalized spacial score (nSPS) is 18.0. The van der Waals surface area contributed by atoms with Crippen LogP contribution < -0.4 is 20.3 Å². The summed E-state index contributed by atoms with van der Waals surface area (Å²) in [5, 5.41) is 17.5. The third kappa shape index (κ3) is 5.20. The van der Waals surface area contributed by atoms with E-state index in [2.05, 4.69) is 45.6 Å². The molecule has 5 rings (SSSR count). The average molecular weight is 500 g/mol. The number of hydrogen-bond acceptors (Lipinski definition) is 8. The number of nitrogens with one attached hydrogen (secondary N) is 2.